The smallest absolute Gasteiger partial charge is 0.173 e. The number of rotatable bonds is 4. The third-order valence-electron chi connectivity index (χ3n) is 2.15. The molecule has 0 aliphatic heterocycles. The Bertz CT molecular complexity index is 348. The molecule has 0 spiro atoms. The van der Waals surface area contributed by atoms with E-state index in [2.05, 4.69) is 15.4 Å². The Hall–Kier alpha value is -1.85. The van der Waals surface area contributed by atoms with Gasteiger partial charge in [-0.25, -0.2) is 0 Å². The summed E-state index contributed by atoms with van der Waals surface area (Å²) < 4.78 is 0. The van der Waals surface area contributed by atoms with Crippen LogP contribution in [0.2, 0.25) is 0 Å². The molecule has 1 rings (SSSR count). The molecule has 0 amide bonds. The predicted octanol–water partition coefficient (Wildman–Crippen LogP) is 0.417. The molecule has 0 fully saturated rings. The van der Waals surface area contributed by atoms with Crippen molar-refractivity contribution in [2.75, 3.05) is 18.0 Å². The summed E-state index contributed by atoms with van der Waals surface area (Å²) in [6, 6.07) is 1.68. The zero-order valence-electron chi connectivity index (χ0n) is 8.88. The van der Waals surface area contributed by atoms with Crippen LogP contribution in [0.3, 0.4) is 0 Å². The van der Waals surface area contributed by atoms with Crippen LogP contribution < -0.4 is 10.6 Å². The van der Waals surface area contributed by atoms with Gasteiger partial charge in [-0.15, -0.1) is 5.10 Å². The summed E-state index contributed by atoms with van der Waals surface area (Å²) >= 11 is 0. The van der Waals surface area contributed by atoms with Crippen LogP contribution in [0.15, 0.2) is 17.4 Å². The van der Waals surface area contributed by atoms with E-state index in [1.165, 1.54) is 6.20 Å². The standard InChI is InChI=1S/C9H15N5O/c1-3-14(4-2)9-7(8(10)13-15)5-6-11-12-9/h5-6,15H,3-4H2,1-2H3,(H2,10,13). The lowest BCUT2D eigenvalue weighted by Crippen LogP contribution is -2.27. The van der Waals surface area contributed by atoms with Crippen LogP contribution in [0, 0.1) is 0 Å². The summed E-state index contributed by atoms with van der Waals surface area (Å²) in [7, 11) is 0. The monoisotopic (exact) mass is 209 g/mol. The van der Waals surface area contributed by atoms with Gasteiger partial charge in [0.1, 0.15) is 0 Å². The fraction of sp³-hybridized carbons (Fsp3) is 0.444. The minimum atomic E-state index is 0.0480. The topological polar surface area (TPSA) is 87.6 Å². The zero-order chi connectivity index (χ0) is 11.3. The zero-order valence-corrected chi connectivity index (χ0v) is 8.88. The molecule has 6 nitrogen and oxygen atoms in total. The largest absolute Gasteiger partial charge is 0.409 e. The van der Waals surface area contributed by atoms with E-state index in [9.17, 15) is 0 Å². The molecule has 1 aromatic rings. The van der Waals surface area contributed by atoms with E-state index >= 15 is 0 Å². The molecule has 0 saturated carbocycles. The van der Waals surface area contributed by atoms with Crippen molar-refractivity contribution in [2.24, 2.45) is 10.9 Å². The second-order valence-corrected chi connectivity index (χ2v) is 2.93. The fourth-order valence-corrected chi connectivity index (χ4v) is 1.33. The lowest BCUT2D eigenvalue weighted by Gasteiger charge is -2.21. The maximum absolute atomic E-state index is 8.64. The first-order valence-corrected chi connectivity index (χ1v) is 4.79. The molecule has 15 heavy (non-hydrogen) atoms. The number of nitrogens with two attached hydrogens (primary N) is 1. The van der Waals surface area contributed by atoms with E-state index < -0.39 is 0 Å². The normalized spacial score (nSPS) is 11.5. The SMILES string of the molecule is CCN(CC)c1nnccc1/C(N)=N/O. The first kappa shape index (κ1) is 11.2. The van der Waals surface area contributed by atoms with Gasteiger partial charge in [0.15, 0.2) is 11.7 Å². The average molecular weight is 209 g/mol. The van der Waals surface area contributed by atoms with Gasteiger partial charge in [0.2, 0.25) is 0 Å². The Balaban J connectivity index is 3.16. The van der Waals surface area contributed by atoms with Gasteiger partial charge in [-0.05, 0) is 19.9 Å². The highest BCUT2D eigenvalue weighted by molar-refractivity contribution is 6.01. The molecule has 1 aromatic heterocycles. The van der Waals surface area contributed by atoms with Gasteiger partial charge >= 0.3 is 0 Å². The molecular weight excluding hydrogens is 194 g/mol. The van der Waals surface area contributed by atoms with Crippen molar-refractivity contribution < 1.29 is 5.21 Å². The maximum atomic E-state index is 8.64. The Labute approximate surface area is 88.4 Å². The number of aromatic nitrogens is 2. The van der Waals surface area contributed by atoms with Crippen molar-refractivity contribution in [3.05, 3.63) is 17.8 Å². The molecule has 0 atom stereocenters. The first-order valence-electron chi connectivity index (χ1n) is 4.79. The van der Waals surface area contributed by atoms with Gasteiger partial charge in [0.05, 0.1) is 11.8 Å². The number of anilines is 1. The predicted molar refractivity (Wildman–Crippen MR) is 58.1 cm³/mol. The summed E-state index contributed by atoms with van der Waals surface area (Å²) in [6.07, 6.45) is 1.51. The summed E-state index contributed by atoms with van der Waals surface area (Å²) in [5.74, 6) is 0.685. The Morgan fingerprint density at radius 2 is 2.20 bits per heavy atom. The molecule has 0 aromatic carbocycles. The number of nitrogens with zero attached hydrogens (tertiary/aromatic N) is 4. The van der Waals surface area contributed by atoms with Crippen LogP contribution in [-0.2, 0) is 0 Å². The molecular formula is C9H15N5O. The van der Waals surface area contributed by atoms with Crippen LogP contribution in [0.5, 0.6) is 0 Å². The van der Waals surface area contributed by atoms with Gasteiger partial charge in [-0.1, -0.05) is 5.16 Å². The Morgan fingerprint density at radius 3 is 2.73 bits per heavy atom. The molecule has 6 heteroatoms. The molecule has 0 bridgehead atoms. The summed E-state index contributed by atoms with van der Waals surface area (Å²) in [5.41, 5.74) is 6.14. The van der Waals surface area contributed by atoms with Gasteiger partial charge in [0.25, 0.3) is 0 Å². The maximum Gasteiger partial charge on any atom is 0.173 e. The van der Waals surface area contributed by atoms with Crippen LogP contribution >= 0.6 is 0 Å². The molecule has 0 saturated heterocycles. The first-order chi connectivity index (χ1) is 7.24. The van der Waals surface area contributed by atoms with Crippen molar-refractivity contribution in [1.82, 2.24) is 10.2 Å². The molecule has 0 unspecified atom stereocenters. The van der Waals surface area contributed by atoms with E-state index in [0.717, 1.165) is 13.1 Å². The van der Waals surface area contributed by atoms with Gasteiger partial charge < -0.3 is 15.8 Å². The molecule has 82 valence electrons. The van der Waals surface area contributed by atoms with Gasteiger partial charge in [-0.3, -0.25) is 0 Å². The van der Waals surface area contributed by atoms with E-state index in [-0.39, 0.29) is 5.84 Å². The molecule has 3 N–H and O–H groups in total. The minimum Gasteiger partial charge on any atom is -0.409 e. The number of amidine groups is 1. The Kier molecular flexibility index (Phi) is 3.84. The van der Waals surface area contributed by atoms with E-state index in [1.54, 1.807) is 6.07 Å². The van der Waals surface area contributed by atoms with Crippen LogP contribution in [0.1, 0.15) is 19.4 Å². The lowest BCUT2D eigenvalue weighted by molar-refractivity contribution is 0.318. The van der Waals surface area contributed by atoms with Crippen LogP contribution in [0.25, 0.3) is 0 Å². The third-order valence-corrected chi connectivity index (χ3v) is 2.15. The summed E-state index contributed by atoms with van der Waals surface area (Å²) in [5, 5.41) is 19.4. The number of oxime groups is 1. The Morgan fingerprint density at radius 1 is 1.53 bits per heavy atom. The van der Waals surface area contributed by atoms with Crippen molar-refractivity contribution in [2.45, 2.75) is 13.8 Å². The molecule has 0 aliphatic rings. The van der Waals surface area contributed by atoms with E-state index in [4.69, 9.17) is 10.9 Å². The number of hydrogen-bond acceptors (Lipinski definition) is 5. The third kappa shape index (κ3) is 2.34. The second kappa shape index (κ2) is 5.14. The van der Waals surface area contributed by atoms with Crippen molar-refractivity contribution >= 4 is 11.7 Å². The van der Waals surface area contributed by atoms with E-state index in [0.29, 0.717) is 11.4 Å². The van der Waals surface area contributed by atoms with Crippen LogP contribution in [-0.4, -0.2) is 34.3 Å². The summed E-state index contributed by atoms with van der Waals surface area (Å²) in [4.78, 5) is 1.99. The summed E-state index contributed by atoms with van der Waals surface area (Å²) in [6.45, 7) is 5.60. The molecule has 1 heterocycles. The van der Waals surface area contributed by atoms with Crippen molar-refractivity contribution in [3.8, 4) is 0 Å². The second-order valence-electron chi connectivity index (χ2n) is 2.93. The highest BCUT2D eigenvalue weighted by Gasteiger charge is 2.13. The van der Waals surface area contributed by atoms with Crippen molar-refractivity contribution in [1.29, 1.82) is 0 Å². The number of hydrogen-bond donors (Lipinski definition) is 2. The lowest BCUT2D eigenvalue weighted by atomic mass is 10.2. The fourth-order valence-electron chi connectivity index (χ4n) is 1.33. The van der Waals surface area contributed by atoms with Crippen molar-refractivity contribution in [3.63, 3.8) is 0 Å². The molecule has 0 radical (unpaired) electrons. The van der Waals surface area contributed by atoms with Crippen LogP contribution in [0.4, 0.5) is 5.82 Å². The van der Waals surface area contributed by atoms with Gasteiger partial charge in [0, 0.05) is 13.1 Å². The highest BCUT2D eigenvalue weighted by atomic mass is 16.4. The highest BCUT2D eigenvalue weighted by Crippen LogP contribution is 2.15. The quantitative estimate of drug-likeness (QED) is 0.325. The van der Waals surface area contributed by atoms with Gasteiger partial charge in [-0.2, -0.15) is 5.10 Å². The van der Waals surface area contributed by atoms with E-state index in [1.807, 2.05) is 18.7 Å². The average Bonchev–Trinajstić information content (AvgIpc) is 2.30. The molecule has 0 aliphatic carbocycles. The minimum absolute atomic E-state index is 0.0480.